The Morgan fingerprint density at radius 1 is 1.26 bits per heavy atom. The van der Waals surface area contributed by atoms with Crippen LogP contribution < -0.4 is 4.74 Å². The van der Waals surface area contributed by atoms with Crippen molar-refractivity contribution in [2.75, 3.05) is 0 Å². The van der Waals surface area contributed by atoms with Crippen molar-refractivity contribution in [2.24, 2.45) is 0 Å². The lowest BCUT2D eigenvalue weighted by Crippen LogP contribution is -2.38. The van der Waals surface area contributed by atoms with Crippen molar-refractivity contribution in [3.63, 3.8) is 0 Å². The molecule has 0 aliphatic heterocycles. The zero-order valence-corrected chi connectivity index (χ0v) is 12.8. The van der Waals surface area contributed by atoms with Crippen molar-refractivity contribution in [3.8, 4) is 5.75 Å². The van der Waals surface area contributed by atoms with Crippen LogP contribution in [0.5, 0.6) is 5.75 Å². The monoisotopic (exact) mass is 262 g/mol. The molecule has 2 heteroatoms. The molecular weight excluding hydrogens is 236 g/mol. The molecular formula is C17H26O2. The van der Waals surface area contributed by atoms with Gasteiger partial charge in [-0.1, -0.05) is 31.2 Å². The molecule has 0 aromatic heterocycles. The van der Waals surface area contributed by atoms with Crippen molar-refractivity contribution in [1.82, 2.24) is 0 Å². The van der Waals surface area contributed by atoms with Gasteiger partial charge >= 0.3 is 0 Å². The molecule has 0 N–H and O–H groups in total. The molecule has 2 nitrogen and oxygen atoms in total. The highest BCUT2D eigenvalue weighted by Gasteiger charge is 2.27. The first kappa shape index (κ1) is 15.8. The molecule has 106 valence electrons. The zero-order chi connectivity index (χ0) is 14.5. The standard InChI is InChI=1S/C17H26O2/c1-7-12-17(6,18-14(4)5)19-16-10-8-15(9-11-16)13(2)3/h8-11,14H,2,7,12H2,1,3-6H3. The lowest BCUT2D eigenvalue weighted by molar-refractivity contribution is -0.195. The maximum absolute atomic E-state index is 6.04. The van der Waals surface area contributed by atoms with Crippen molar-refractivity contribution in [2.45, 2.75) is 59.4 Å². The second-order valence-corrected chi connectivity index (χ2v) is 5.46. The van der Waals surface area contributed by atoms with Crippen LogP contribution in [-0.2, 0) is 4.74 Å². The molecule has 1 unspecified atom stereocenters. The highest BCUT2D eigenvalue weighted by atomic mass is 16.7. The average molecular weight is 262 g/mol. The van der Waals surface area contributed by atoms with Crippen LogP contribution in [0.4, 0.5) is 0 Å². The summed E-state index contributed by atoms with van der Waals surface area (Å²) < 4.78 is 12.0. The number of hydrogen-bond donors (Lipinski definition) is 0. The topological polar surface area (TPSA) is 18.5 Å². The second-order valence-electron chi connectivity index (χ2n) is 5.46. The van der Waals surface area contributed by atoms with Gasteiger partial charge in [0.15, 0.2) is 0 Å². The van der Waals surface area contributed by atoms with Crippen molar-refractivity contribution < 1.29 is 9.47 Å². The number of benzene rings is 1. The van der Waals surface area contributed by atoms with Gasteiger partial charge in [0.2, 0.25) is 5.79 Å². The minimum atomic E-state index is -0.562. The number of ether oxygens (including phenoxy) is 2. The molecule has 0 amide bonds. The molecule has 0 bridgehead atoms. The summed E-state index contributed by atoms with van der Waals surface area (Å²) >= 11 is 0. The molecule has 1 aromatic rings. The summed E-state index contributed by atoms with van der Waals surface area (Å²) in [6, 6.07) is 8.00. The molecule has 0 spiro atoms. The molecule has 0 heterocycles. The minimum absolute atomic E-state index is 0.145. The first-order valence-electron chi connectivity index (χ1n) is 6.99. The number of allylic oxidation sites excluding steroid dienone is 1. The van der Waals surface area contributed by atoms with Crippen LogP contribution in [0, 0.1) is 0 Å². The quantitative estimate of drug-likeness (QED) is 0.641. The first-order valence-corrected chi connectivity index (χ1v) is 6.99. The van der Waals surface area contributed by atoms with Crippen molar-refractivity contribution in [3.05, 3.63) is 36.4 Å². The Balaban J connectivity index is 2.81. The van der Waals surface area contributed by atoms with E-state index in [2.05, 4.69) is 13.5 Å². The van der Waals surface area contributed by atoms with Gasteiger partial charge < -0.3 is 9.47 Å². The van der Waals surface area contributed by atoms with Gasteiger partial charge in [-0.2, -0.15) is 0 Å². The van der Waals surface area contributed by atoms with Crippen molar-refractivity contribution in [1.29, 1.82) is 0 Å². The molecule has 0 fully saturated rings. The maximum Gasteiger partial charge on any atom is 0.207 e. The third-order valence-electron chi connectivity index (χ3n) is 2.87. The molecule has 0 aliphatic carbocycles. The van der Waals surface area contributed by atoms with E-state index in [1.165, 1.54) is 0 Å². The molecule has 1 rings (SSSR count). The summed E-state index contributed by atoms with van der Waals surface area (Å²) in [5.74, 6) is 0.273. The molecule has 1 aromatic carbocycles. The zero-order valence-electron chi connectivity index (χ0n) is 12.8. The van der Waals surface area contributed by atoms with Gasteiger partial charge in [0.1, 0.15) is 5.75 Å². The largest absolute Gasteiger partial charge is 0.463 e. The summed E-state index contributed by atoms with van der Waals surface area (Å²) in [7, 11) is 0. The van der Waals surface area contributed by atoms with E-state index in [-0.39, 0.29) is 6.10 Å². The van der Waals surface area contributed by atoms with Crippen molar-refractivity contribution >= 4 is 5.57 Å². The molecule has 19 heavy (non-hydrogen) atoms. The normalized spacial score (nSPS) is 14.2. The Hall–Kier alpha value is -1.28. The number of hydrogen-bond acceptors (Lipinski definition) is 2. The van der Waals surface area contributed by atoms with Crippen LogP contribution in [0.1, 0.15) is 53.0 Å². The molecule has 0 aliphatic rings. The van der Waals surface area contributed by atoms with Crippen LogP contribution in [0.15, 0.2) is 30.8 Å². The lowest BCUT2D eigenvalue weighted by Gasteiger charge is -2.32. The summed E-state index contributed by atoms with van der Waals surface area (Å²) in [6.45, 7) is 14.1. The maximum atomic E-state index is 6.04. The van der Waals surface area contributed by atoms with E-state index in [9.17, 15) is 0 Å². The van der Waals surface area contributed by atoms with Crippen LogP contribution in [-0.4, -0.2) is 11.9 Å². The van der Waals surface area contributed by atoms with E-state index in [1.807, 2.05) is 52.0 Å². The highest BCUT2D eigenvalue weighted by Crippen LogP contribution is 2.26. The first-order chi connectivity index (χ1) is 8.86. The van der Waals surface area contributed by atoms with Crippen LogP contribution >= 0.6 is 0 Å². The van der Waals surface area contributed by atoms with Crippen LogP contribution in [0.2, 0.25) is 0 Å². The molecule has 0 radical (unpaired) electrons. The van der Waals surface area contributed by atoms with E-state index < -0.39 is 5.79 Å². The summed E-state index contributed by atoms with van der Waals surface area (Å²) in [5.41, 5.74) is 2.19. The SMILES string of the molecule is C=C(C)c1ccc(OC(C)(CCC)OC(C)C)cc1. The summed E-state index contributed by atoms with van der Waals surface area (Å²) in [4.78, 5) is 0. The smallest absolute Gasteiger partial charge is 0.207 e. The Bertz CT molecular complexity index is 406. The summed E-state index contributed by atoms with van der Waals surface area (Å²) in [5, 5.41) is 0. The molecule has 1 atom stereocenters. The Labute approximate surface area is 117 Å². The molecule has 0 saturated heterocycles. The van der Waals surface area contributed by atoms with Gasteiger partial charge in [0.25, 0.3) is 0 Å². The fourth-order valence-electron chi connectivity index (χ4n) is 2.14. The third-order valence-corrected chi connectivity index (χ3v) is 2.87. The highest BCUT2D eigenvalue weighted by molar-refractivity contribution is 5.61. The van der Waals surface area contributed by atoms with Crippen LogP contribution in [0.25, 0.3) is 5.57 Å². The van der Waals surface area contributed by atoms with Crippen LogP contribution in [0.3, 0.4) is 0 Å². The van der Waals surface area contributed by atoms with Gasteiger partial charge in [-0.05, 0) is 44.9 Å². The molecule has 0 saturated carbocycles. The average Bonchev–Trinajstić information content (AvgIpc) is 2.28. The van der Waals surface area contributed by atoms with E-state index in [0.717, 1.165) is 29.7 Å². The van der Waals surface area contributed by atoms with E-state index in [0.29, 0.717) is 0 Å². The Morgan fingerprint density at radius 3 is 2.26 bits per heavy atom. The third kappa shape index (κ3) is 5.07. The van der Waals surface area contributed by atoms with E-state index >= 15 is 0 Å². The Kier molecular flexibility index (Phi) is 5.61. The van der Waals surface area contributed by atoms with Gasteiger partial charge in [0, 0.05) is 13.3 Å². The van der Waals surface area contributed by atoms with Gasteiger partial charge in [-0.25, -0.2) is 0 Å². The fraction of sp³-hybridized carbons (Fsp3) is 0.529. The Morgan fingerprint density at radius 2 is 1.84 bits per heavy atom. The van der Waals surface area contributed by atoms with Gasteiger partial charge in [0.05, 0.1) is 6.10 Å². The predicted octanol–water partition coefficient (Wildman–Crippen LogP) is 5.04. The lowest BCUT2D eigenvalue weighted by atomic mass is 10.1. The second kappa shape index (κ2) is 6.76. The number of rotatable bonds is 7. The van der Waals surface area contributed by atoms with E-state index in [1.54, 1.807) is 0 Å². The van der Waals surface area contributed by atoms with Gasteiger partial charge in [-0.15, -0.1) is 0 Å². The minimum Gasteiger partial charge on any atom is -0.463 e. The predicted molar refractivity (Wildman–Crippen MR) is 81.3 cm³/mol. The fourth-order valence-corrected chi connectivity index (χ4v) is 2.14. The van der Waals surface area contributed by atoms with E-state index in [4.69, 9.17) is 9.47 Å². The van der Waals surface area contributed by atoms with Gasteiger partial charge in [-0.3, -0.25) is 0 Å². The summed E-state index contributed by atoms with van der Waals surface area (Å²) in [6.07, 6.45) is 2.03.